The molecule has 1 fully saturated rings. The Balaban J connectivity index is 0.00000264. The molecule has 3 nitrogen and oxygen atoms in total. The summed E-state index contributed by atoms with van der Waals surface area (Å²) in [4.78, 5) is 2.49. The van der Waals surface area contributed by atoms with Crippen molar-refractivity contribution in [1.82, 2.24) is 10.2 Å². The maximum absolute atomic E-state index is 13.0. The fourth-order valence-electron chi connectivity index (χ4n) is 2.84. The lowest BCUT2D eigenvalue weighted by Crippen LogP contribution is -2.42. The van der Waals surface area contributed by atoms with E-state index in [1.165, 1.54) is 18.9 Å². The number of halogens is 3. The van der Waals surface area contributed by atoms with Crippen molar-refractivity contribution < 1.29 is 13.5 Å². The summed E-state index contributed by atoms with van der Waals surface area (Å²) in [6, 6.07) is 4.34. The average Bonchev–Trinajstić information content (AvgIpc) is 2.52. The zero-order valence-electron chi connectivity index (χ0n) is 13.7. The quantitative estimate of drug-likeness (QED) is 0.726. The van der Waals surface area contributed by atoms with Gasteiger partial charge in [-0.15, -0.1) is 12.4 Å². The van der Waals surface area contributed by atoms with Crippen LogP contribution in [0.2, 0.25) is 0 Å². The second kappa shape index (κ2) is 10.8. The van der Waals surface area contributed by atoms with Crippen molar-refractivity contribution >= 4 is 12.4 Å². The Labute approximate surface area is 143 Å². The number of ether oxygens (including phenoxy) is 1. The second-order valence-corrected chi connectivity index (χ2v) is 5.81. The molecule has 132 valence electrons. The maximum Gasteiger partial charge on any atom is 0.162 e. The predicted molar refractivity (Wildman–Crippen MR) is 91.5 cm³/mol. The summed E-state index contributed by atoms with van der Waals surface area (Å²) >= 11 is 0. The van der Waals surface area contributed by atoms with E-state index in [9.17, 15) is 8.78 Å². The Hall–Kier alpha value is -0.910. The topological polar surface area (TPSA) is 24.5 Å². The van der Waals surface area contributed by atoms with Gasteiger partial charge in [-0.25, -0.2) is 8.78 Å². The van der Waals surface area contributed by atoms with Crippen LogP contribution >= 0.6 is 12.4 Å². The predicted octanol–water partition coefficient (Wildman–Crippen LogP) is 3.62. The van der Waals surface area contributed by atoms with Gasteiger partial charge in [0.1, 0.15) is 5.75 Å². The lowest BCUT2D eigenvalue weighted by Gasteiger charge is -2.32. The highest BCUT2D eigenvalue weighted by Crippen LogP contribution is 2.16. The fraction of sp³-hybridized carbons (Fsp3) is 0.647. The molecule has 0 bridgehead atoms. The van der Waals surface area contributed by atoms with Gasteiger partial charge < -0.3 is 15.0 Å². The molecule has 6 heteroatoms. The number of likely N-dealkylation sites (tertiary alicyclic amines) is 1. The molecule has 23 heavy (non-hydrogen) atoms. The standard InChI is InChI=1S/C17H26F2N2O.ClH/c1-2-20-14-7-10-21(11-8-14)9-3-4-12-22-15-5-6-16(18)17(19)13-15;/h5-6,13-14,20H,2-4,7-12H2,1H3;1H. The summed E-state index contributed by atoms with van der Waals surface area (Å²) < 4.78 is 31.2. The number of benzene rings is 1. The van der Waals surface area contributed by atoms with Crippen molar-refractivity contribution in [2.45, 2.75) is 38.6 Å². The van der Waals surface area contributed by atoms with Crippen LogP contribution in [0, 0.1) is 11.6 Å². The van der Waals surface area contributed by atoms with E-state index < -0.39 is 11.6 Å². The molecule has 0 aromatic heterocycles. The number of hydrogen-bond acceptors (Lipinski definition) is 3. The number of hydrogen-bond donors (Lipinski definition) is 1. The van der Waals surface area contributed by atoms with E-state index in [1.807, 2.05) is 0 Å². The molecule has 0 spiro atoms. The van der Waals surface area contributed by atoms with Crippen molar-refractivity contribution in [3.8, 4) is 5.75 Å². The highest BCUT2D eigenvalue weighted by molar-refractivity contribution is 5.85. The molecule has 1 aliphatic heterocycles. The third kappa shape index (κ3) is 7.02. The van der Waals surface area contributed by atoms with E-state index in [2.05, 4.69) is 17.1 Å². The molecule has 1 aromatic carbocycles. The highest BCUT2D eigenvalue weighted by atomic mass is 35.5. The summed E-state index contributed by atoms with van der Waals surface area (Å²) in [5, 5.41) is 3.50. The molecular weight excluding hydrogens is 322 g/mol. The van der Waals surface area contributed by atoms with E-state index >= 15 is 0 Å². The van der Waals surface area contributed by atoms with Crippen LogP contribution < -0.4 is 10.1 Å². The minimum atomic E-state index is -0.860. The lowest BCUT2D eigenvalue weighted by atomic mass is 10.0. The number of rotatable bonds is 8. The third-order valence-corrected chi connectivity index (χ3v) is 4.11. The molecule has 1 aromatic rings. The zero-order chi connectivity index (χ0) is 15.8. The molecule has 1 N–H and O–H groups in total. The number of nitrogens with zero attached hydrogens (tertiary/aromatic N) is 1. The Kier molecular flexibility index (Phi) is 9.44. The smallest absolute Gasteiger partial charge is 0.162 e. The number of piperidine rings is 1. The largest absolute Gasteiger partial charge is 0.493 e. The van der Waals surface area contributed by atoms with Gasteiger partial charge in [-0.3, -0.25) is 0 Å². The van der Waals surface area contributed by atoms with Gasteiger partial charge in [0.05, 0.1) is 6.61 Å². The van der Waals surface area contributed by atoms with Crippen molar-refractivity contribution in [1.29, 1.82) is 0 Å². The van der Waals surface area contributed by atoms with Crippen LogP contribution in [-0.2, 0) is 0 Å². The summed E-state index contributed by atoms with van der Waals surface area (Å²) in [5.74, 6) is -1.31. The molecule has 1 aliphatic rings. The average molecular weight is 349 g/mol. The van der Waals surface area contributed by atoms with Crippen LogP contribution in [0.5, 0.6) is 5.75 Å². The van der Waals surface area contributed by atoms with E-state index in [-0.39, 0.29) is 12.4 Å². The summed E-state index contributed by atoms with van der Waals surface area (Å²) in [6.45, 7) is 7.13. The van der Waals surface area contributed by atoms with Crippen molar-refractivity contribution in [3.05, 3.63) is 29.8 Å². The van der Waals surface area contributed by atoms with E-state index in [0.29, 0.717) is 18.4 Å². The summed E-state index contributed by atoms with van der Waals surface area (Å²) in [5.41, 5.74) is 0. The first kappa shape index (κ1) is 20.1. The van der Waals surface area contributed by atoms with Crippen LogP contribution in [0.15, 0.2) is 18.2 Å². The van der Waals surface area contributed by atoms with Crippen molar-refractivity contribution in [3.63, 3.8) is 0 Å². The van der Waals surface area contributed by atoms with Gasteiger partial charge in [-0.1, -0.05) is 6.92 Å². The van der Waals surface area contributed by atoms with Crippen molar-refractivity contribution in [2.24, 2.45) is 0 Å². The maximum atomic E-state index is 13.0. The molecule has 0 amide bonds. The van der Waals surface area contributed by atoms with Crippen LogP contribution in [-0.4, -0.2) is 43.7 Å². The molecule has 2 rings (SSSR count). The molecule has 0 radical (unpaired) electrons. The van der Waals surface area contributed by atoms with Gasteiger partial charge in [0.25, 0.3) is 0 Å². The van der Waals surface area contributed by atoms with Crippen molar-refractivity contribution in [2.75, 3.05) is 32.8 Å². The van der Waals surface area contributed by atoms with Gasteiger partial charge in [0.2, 0.25) is 0 Å². The number of nitrogens with one attached hydrogen (secondary N) is 1. The monoisotopic (exact) mass is 348 g/mol. The lowest BCUT2D eigenvalue weighted by molar-refractivity contribution is 0.190. The molecule has 0 atom stereocenters. The molecule has 0 aliphatic carbocycles. The SMILES string of the molecule is CCNC1CCN(CCCCOc2ccc(F)c(F)c2)CC1.Cl. The minimum Gasteiger partial charge on any atom is -0.493 e. The zero-order valence-corrected chi connectivity index (χ0v) is 14.5. The van der Waals surface area contributed by atoms with Gasteiger partial charge in [-0.2, -0.15) is 0 Å². The second-order valence-electron chi connectivity index (χ2n) is 5.81. The van der Waals surface area contributed by atoms with Gasteiger partial charge in [0, 0.05) is 12.1 Å². The Morgan fingerprint density at radius 3 is 2.57 bits per heavy atom. The first-order chi connectivity index (χ1) is 10.7. The van der Waals surface area contributed by atoms with Crippen LogP contribution in [0.3, 0.4) is 0 Å². The Morgan fingerprint density at radius 1 is 1.17 bits per heavy atom. The minimum absolute atomic E-state index is 0. The molecule has 1 saturated heterocycles. The molecule has 0 unspecified atom stereocenters. The third-order valence-electron chi connectivity index (χ3n) is 4.11. The normalized spacial score (nSPS) is 16.1. The first-order valence-corrected chi connectivity index (χ1v) is 8.22. The van der Waals surface area contributed by atoms with Gasteiger partial charge in [-0.05, 0) is 64.0 Å². The summed E-state index contributed by atoms with van der Waals surface area (Å²) in [7, 11) is 0. The fourth-order valence-corrected chi connectivity index (χ4v) is 2.84. The first-order valence-electron chi connectivity index (χ1n) is 8.22. The van der Waals surface area contributed by atoms with E-state index in [0.717, 1.165) is 51.2 Å². The molecule has 1 heterocycles. The number of unbranched alkanes of at least 4 members (excludes halogenated alkanes) is 1. The van der Waals surface area contributed by atoms with Crippen LogP contribution in [0.25, 0.3) is 0 Å². The van der Waals surface area contributed by atoms with Crippen LogP contribution in [0.4, 0.5) is 8.78 Å². The van der Waals surface area contributed by atoms with Gasteiger partial charge in [0.15, 0.2) is 11.6 Å². The van der Waals surface area contributed by atoms with E-state index in [1.54, 1.807) is 0 Å². The Bertz CT molecular complexity index is 454. The van der Waals surface area contributed by atoms with Crippen LogP contribution in [0.1, 0.15) is 32.6 Å². The highest BCUT2D eigenvalue weighted by Gasteiger charge is 2.17. The Morgan fingerprint density at radius 2 is 1.91 bits per heavy atom. The summed E-state index contributed by atoms with van der Waals surface area (Å²) in [6.07, 6.45) is 4.43. The van der Waals surface area contributed by atoms with Gasteiger partial charge >= 0.3 is 0 Å². The molecule has 0 saturated carbocycles. The molecular formula is C17H27ClF2N2O. The van der Waals surface area contributed by atoms with E-state index in [4.69, 9.17) is 4.74 Å².